The third-order valence-corrected chi connectivity index (χ3v) is 2.61. The highest BCUT2D eigenvalue weighted by Crippen LogP contribution is 2.35. The molecule has 0 amide bonds. The van der Waals surface area contributed by atoms with Gasteiger partial charge in [-0.05, 0) is 18.2 Å². The van der Waals surface area contributed by atoms with E-state index in [1.807, 2.05) is 0 Å². The Morgan fingerprint density at radius 3 is 2.05 bits per heavy atom. The van der Waals surface area contributed by atoms with Gasteiger partial charge in [0.1, 0.15) is 17.6 Å². The summed E-state index contributed by atoms with van der Waals surface area (Å²) in [5.74, 6) is -6.01. The smallest absolute Gasteiger partial charge is 0.416 e. The predicted molar refractivity (Wildman–Crippen MR) is 62.5 cm³/mol. The van der Waals surface area contributed by atoms with Crippen molar-refractivity contribution in [3.05, 3.63) is 58.9 Å². The van der Waals surface area contributed by atoms with E-state index in [1.165, 1.54) is 0 Å². The zero-order chi connectivity index (χ0) is 16.5. The third kappa shape index (κ3) is 3.14. The summed E-state index contributed by atoms with van der Waals surface area (Å²) >= 11 is 0. The van der Waals surface area contributed by atoms with Crippen LogP contribution in [0.5, 0.6) is 11.5 Å². The molecule has 2 aromatic carbocycles. The van der Waals surface area contributed by atoms with Crippen LogP contribution in [-0.4, -0.2) is 0 Å². The van der Waals surface area contributed by atoms with Gasteiger partial charge in [0.05, 0.1) is 11.1 Å². The largest absolute Gasteiger partial charge is 0.456 e. The van der Waals surface area contributed by atoms with Crippen molar-refractivity contribution in [3.8, 4) is 17.6 Å². The molecule has 2 nitrogen and oxygen atoms in total. The third-order valence-electron chi connectivity index (χ3n) is 2.61. The van der Waals surface area contributed by atoms with Crippen molar-refractivity contribution >= 4 is 0 Å². The van der Waals surface area contributed by atoms with Crippen LogP contribution in [0.25, 0.3) is 0 Å². The Kier molecular flexibility index (Phi) is 3.99. The van der Waals surface area contributed by atoms with Crippen molar-refractivity contribution in [3.63, 3.8) is 0 Å². The lowest BCUT2D eigenvalue weighted by atomic mass is 10.1. The highest BCUT2D eigenvalue weighted by Gasteiger charge is 2.31. The minimum atomic E-state index is -4.69. The lowest BCUT2D eigenvalue weighted by Gasteiger charge is -2.12. The lowest BCUT2D eigenvalue weighted by molar-refractivity contribution is -0.137. The molecule has 0 aliphatic heterocycles. The second kappa shape index (κ2) is 5.60. The first-order valence-electron chi connectivity index (χ1n) is 5.66. The first-order chi connectivity index (χ1) is 10.2. The van der Waals surface area contributed by atoms with Gasteiger partial charge in [0.25, 0.3) is 0 Å². The van der Waals surface area contributed by atoms with E-state index in [9.17, 15) is 26.3 Å². The zero-order valence-electron chi connectivity index (χ0n) is 10.5. The van der Waals surface area contributed by atoms with Crippen molar-refractivity contribution in [1.29, 1.82) is 5.26 Å². The molecule has 0 spiro atoms. The van der Waals surface area contributed by atoms with Crippen LogP contribution in [0.15, 0.2) is 30.3 Å². The maximum Gasteiger partial charge on any atom is 0.416 e. The summed E-state index contributed by atoms with van der Waals surface area (Å²) in [4.78, 5) is 0. The molecule has 2 aromatic rings. The molecule has 0 aromatic heterocycles. The molecule has 0 saturated carbocycles. The second-order valence-electron chi connectivity index (χ2n) is 4.12. The van der Waals surface area contributed by atoms with E-state index in [-0.39, 0.29) is 5.56 Å². The Hall–Kier alpha value is -2.69. The van der Waals surface area contributed by atoms with Crippen molar-refractivity contribution in [2.75, 3.05) is 0 Å². The van der Waals surface area contributed by atoms with Crippen LogP contribution < -0.4 is 4.74 Å². The van der Waals surface area contributed by atoms with Crippen LogP contribution >= 0.6 is 0 Å². The number of nitrogens with zero attached hydrogens (tertiary/aromatic N) is 1. The monoisotopic (exact) mass is 317 g/mol. The Morgan fingerprint density at radius 1 is 0.955 bits per heavy atom. The van der Waals surface area contributed by atoms with Gasteiger partial charge in [-0.25, -0.2) is 13.2 Å². The van der Waals surface area contributed by atoms with Gasteiger partial charge in [0.15, 0.2) is 17.5 Å². The Morgan fingerprint density at radius 2 is 1.55 bits per heavy atom. The fourth-order valence-electron chi connectivity index (χ4n) is 1.59. The molecule has 0 fully saturated rings. The SMILES string of the molecule is N#Cc1ccc(C(F)(F)F)cc1Oc1cc(F)c(F)c(F)c1. The summed E-state index contributed by atoms with van der Waals surface area (Å²) in [5, 5.41) is 8.82. The van der Waals surface area contributed by atoms with Gasteiger partial charge in [0, 0.05) is 12.1 Å². The van der Waals surface area contributed by atoms with Crippen molar-refractivity contribution in [2.45, 2.75) is 6.18 Å². The van der Waals surface area contributed by atoms with E-state index < -0.39 is 40.7 Å². The highest BCUT2D eigenvalue weighted by molar-refractivity contribution is 5.48. The molecular formula is C14H5F6NO. The van der Waals surface area contributed by atoms with Crippen LogP contribution in [0.4, 0.5) is 26.3 Å². The molecule has 0 N–H and O–H groups in total. The van der Waals surface area contributed by atoms with Gasteiger partial charge >= 0.3 is 6.18 Å². The summed E-state index contributed by atoms with van der Waals surface area (Å²) in [6.07, 6.45) is -4.69. The van der Waals surface area contributed by atoms with Crippen LogP contribution in [0.1, 0.15) is 11.1 Å². The predicted octanol–water partition coefficient (Wildman–Crippen LogP) is 4.79. The van der Waals surface area contributed by atoms with Crippen LogP contribution in [-0.2, 0) is 6.18 Å². The molecule has 0 atom stereocenters. The fourth-order valence-corrected chi connectivity index (χ4v) is 1.59. The topological polar surface area (TPSA) is 33.0 Å². The summed E-state index contributed by atoms with van der Waals surface area (Å²) in [6.45, 7) is 0. The summed E-state index contributed by atoms with van der Waals surface area (Å²) in [7, 11) is 0. The number of hydrogen-bond acceptors (Lipinski definition) is 2. The molecule has 0 saturated heterocycles. The van der Waals surface area contributed by atoms with Gasteiger partial charge in [-0.2, -0.15) is 18.4 Å². The number of benzene rings is 2. The van der Waals surface area contributed by atoms with E-state index in [4.69, 9.17) is 10.00 Å². The summed E-state index contributed by atoms with van der Waals surface area (Å²) in [5.41, 5.74) is -1.39. The van der Waals surface area contributed by atoms with E-state index in [0.29, 0.717) is 24.3 Å². The molecule has 114 valence electrons. The first-order valence-corrected chi connectivity index (χ1v) is 5.66. The number of hydrogen-bond donors (Lipinski definition) is 0. The highest BCUT2D eigenvalue weighted by atomic mass is 19.4. The van der Waals surface area contributed by atoms with Crippen molar-refractivity contribution < 1.29 is 31.1 Å². The first kappa shape index (κ1) is 15.7. The van der Waals surface area contributed by atoms with E-state index in [2.05, 4.69) is 0 Å². The van der Waals surface area contributed by atoms with Gasteiger partial charge in [-0.1, -0.05) is 0 Å². The molecule has 8 heteroatoms. The standard InChI is InChI=1S/C14H5F6NO/c15-10-4-9(5-11(16)13(10)17)22-12-3-8(14(18,19)20)2-1-7(12)6-21/h1-5H. The Bertz CT molecular complexity index is 740. The number of alkyl halides is 3. The number of halogens is 6. The van der Waals surface area contributed by atoms with Crippen LogP contribution in [0.3, 0.4) is 0 Å². The number of ether oxygens (including phenoxy) is 1. The molecule has 0 aliphatic carbocycles. The molecule has 0 heterocycles. The van der Waals surface area contributed by atoms with Crippen molar-refractivity contribution in [2.24, 2.45) is 0 Å². The number of nitriles is 1. The average molecular weight is 317 g/mol. The molecule has 0 bridgehead atoms. The maximum atomic E-state index is 13.1. The normalized spacial score (nSPS) is 11.1. The van der Waals surface area contributed by atoms with Gasteiger partial charge in [-0.3, -0.25) is 0 Å². The van der Waals surface area contributed by atoms with Gasteiger partial charge in [0.2, 0.25) is 0 Å². The van der Waals surface area contributed by atoms with E-state index >= 15 is 0 Å². The molecule has 22 heavy (non-hydrogen) atoms. The Balaban J connectivity index is 2.47. The second-order valence-corrected chi connectivity index (χ2v) is 4.12. The molecular weight excluding hydrogens is 312 g/mol. The quantitative estimate of drug-likeness (QED) is 0.589. The van der Waals surface area contributed by atoms with E-state index in [0.717, 1.165) is 6.07 Å². The minimum absolute atomic E-state index is 0.279. The fraction of sp³-hybridized carbons (Fsp3) is 0.0714. The van der Waals surface area contributed by atoms with Gasteiger partial charge in [-0.15, -0.1) is 0 Å². The average Bonchev–Trinajstić information content (AvgIpc) is 2.43. The molecule has 0 unspecified atom stereocenters. The van der Waals surface area contributed by atoms with Gasteiger partial charge < -0.3 is 4.74 Å². The zero-order valence-corrected chi connectivity index (χ0v) is 10.5. The van der Waals surface area contributed by atoms with Crippen molar-refractivity contribution in [1.82, 2.24) is 0 Å². The maximum absolute atomic E-state index is 13.1. The number of rotatable bonds is 2. The Labute approximate surface area is 120 Å². The summed E-state index contributed by atoms with van der Waals surface area (Å²) in [6, 6.07) is 4.53. The van der Waals surface area contributed by atoms with Crippen LogP contribution in [0.2, 0.25) is 0 Å². The van der Waals surface area contributed by atoms with E-state index in [1.54, 1.807) is 6.07 Å². The molecule has 0 radical (unpaired) electrons. The van der Waals surface area contributed by atoms with Crippen LogP contribution in [0, 0.1) is 28.8 Å². The summed E-state index contributed by atoms with van der Waals surface area (Å²) < 4.78 is 81.6. The lowest BCUT2D eigenvalue weighted by Crippen LogP contribution is -2.05. The molecule has 2 rings (SSSR count). The minimum Gasteiger partial charge on any atom is -0.456 e. The molecule has 0 aliphatic rings.